The first kappa shape index (κ1) is 12.9. The van der Waals surface area contributed by atoms with Crippen molar-refractivity contribution in [3.05, 3.63) is 29.3 Å². The van der Waals surface area contributed by atoms with Crippen molar-refractivity contribution in [2.45, 2.75) is 50.9 Å². The lowest BCUT2D eigenvalue weighted by Crippen LogP contribution is -2.34. The third-order valence-corrected chi connectivity index (χ3v) is 4.18. The number of hydrogen-bond donors (Lipinski definition) is 1. The van der Waals surface area contributed by atoms with Gasteiger partial charge >= 0.3 is 0 Å². The van der Waals surface area contributed by atoms with Crippen molar-refractivity contribution in [1.82, 2.24) is 5.32 Å². The third kappa shape index (κ3) is 2.63. The molecule has 2 aliphatic rings. The van der Waals surface area contributed by atoms with Gasteiger partial charge in [0.15, 0.2) is 0 Å². The Kier molecular flexibility index (Phi) is 3.76. The summed E-state index contributed by atoms with van der Waals surface area (Å²) in [4.78, 5) is 0. The second kappa shape index (κ2) is 5.51. The molecule has 104 valence electrons. The standard InChI is InChI=1S/C16H23NO2/c1-11-9-13-10-12(6-7-14(13)19-11)16(17-2)15-5-3-4-8-18-15/h6-7,10-11,15-17H,3-5,8-9H2,1-2H3. The molecule has 1 N–H and O–H groups in total. The largest absolute Gasteiger partial charge is 0.490 e. The van der Waals surface area contributed by atoms with Gasteiger partial charge in [-0.1, -0.05) is 12.1 Å². The Hall–Kier alpha value is -1.06. The summed E-state index contributed by atoms with van der Waals surface area (Å²) in [6.45, 7) is 3.02. The fourth-order valence-corrected chi connectivity index (χ4v) is 3.23. The molecule has 19 heavy (non-hydrogen) atoms. The maximum absolute atomic E-state index is 5.93. The van der Waals surface area contributed by atoms with Gasteiger partial charge in [-0.25, -0.2) is 0 Å². The van der Waals surface area contributed by atoms with E-state index >= 15 is 0 Å². The van der Waals surface area contributed by atoms with Gasteiger partial charge in [-0.3, -0.25) is 0 Å². The van der Waals surface area contributed by atoms with Crippen molar-refractivity contribution in [3.63, 3.8) is 0 Å². The average Bonchev–Trinajstić information content (AvgIpc) is 2.80. The molecule has 1 saturated heterocycles. The fraction of sp³-hybridized carbons (Fsp3) is 0.625. The van der Waals surface area contributed by atoms with Gasteiger partial charge in [-0.05, 0) is 50.4 Å². The number of nitrogens with one attached hydrogen (secondary N) is 1. The van der Waals surface area contributed by atoms with E-state index in [9.17, 15) is 0 Å². The maximum atomic E-state index is 5.93. The van der Waals surface area contributed by atoms with E-state index < -0.39 is 0 Å². The summed E-state index contributed by atoms with van der Waals surface area (Å²) in [5.41, 5.74) is 2.66. The molecule has 0 aliphatic carbocycles. The molecular weight excluding hydrogens is 238 g/mol. The number of fused-ring (bicyclic) bond motifs is 1. The predicted molar refractivity (Wildman–Crippen MR) is 75.6 cm³/mol. The first-order valence-corrected chi connectivity index (χ1v) is 7.36. The smallest absolute Gasteiger partial charge is 0.123 e. The molecule has 1 aromatic carbocycles. The van der Waals surface area contributed by atoms with Gasteiger partial charge in [0, 0.05) is 13.0 Å². The van der Waals surface area contributed by atoms with Crippen LogP contribution in [-0.2, 0) is 11.2 Å². The van der Waals surface area contributed by atoms with Crippen molar-refractivity contribution < 1.29 is 9.47 Å². The summed E-state index contributed by atoms with van der Waals surface area (Å²) < 4.78 is 11.7. The molecule has 1 aromatic rings. The van der Waals surface area contributed by atoms with Crippen molar-refractivity contribution in [2.75, 3.05) is 13.7 Å². The Morgan fingerprint density at radius 3 is 2.95 bits per heavy atom. The molecule has 0 radical (unpaired) electrons. The van der Waals surface area contributed by atoms with Gasteiger partial charge in [-0.15, -0.1) is 0 Å². The minimum absolute atomic E-state index is 0.293. The maximum Gasteiger partial charge on any atom is 0.123 e. The molecule has 2 aliphatic heterocycles. The molecule has 0 spiro atoms. The van der Waals surface area contributed by atoms with E-state index in [0.717, 1.165) is 25.2 Å². The highest BCUT2D eigenvalue weighted by atomic mass is 16.5. The number of benzene rings is 1. The van der Waals surface area contributed by atoms with Gasteiger partial charge in [0.1, 0.15) is 11.9 Å². The first-order chi connectivity index (χ1) is 9.28. The zero-order chi connectivity index (χ0) is 13.2. The van der Waals surface area contributed by atoms with Gasteiger partial charge in [0.2, 0.25) is 0 Å². The lowest BCUT2D eigenvalue weighted by Gasteiger charge is -2.30. The second-order valence-corrected chi connectivity index (χ2v) is 5.67. The summed E-state index contributed by atoms with van der Waals surface area (Å²) in [6.07, 6.45) is 5.25. The summed E-state index contributed by atoms with van der Waals surface area (Å²) in [5, 5.41) is 3.42. The Morgan fingerprint density at radius 2 is 2.21 bits per heavy atom. The lowest BCUT2D eigenvalue weighted by atomic mass is 9.94. The summed E-state index contributed by atoms with van der Waals surface area (Å²) in [5.74, 6) is 1.05. The molecule has 3 rings (SSSR count). The van der Waals surface area contributed by atoms with Crippen LogP contribution in [0.2, 0.25) is 0 Å². The summed E-state index contributed by atoms with van der Waals surface area (Å²) >= 11 is 0. The van der Waals surface area contributed by atoms with Crippen LogP contribution in [0.1, 0.15) is 43.4 Å². The Bertz CT molecular complexity index is 440. The monoisotopic (exact) mass is 261 g/mol. The minimum atomic E-state index is 0.293. The van der Waals surface area contributed by atoms with Gasteiger partial charge in [0.25, 0.3) is 0 Å². The van der Waals surface area contributed by atoms with E-state index in [0.29, 0.717) is 18.2 Å². The normalized spacial score (nSPS) is 27.7. The van der Waals surface area contributed by atoms with Crippen molar-refractivity contribution in [3.8, 4) is 5.75 Å². The van der Waals surface area contributed by atoms with Crippen molar-refractivity contribution >= 4 is 0 Å². The Morgan fingerprint density at radius 1 is 1.32 bits per heavy atom. The average molecular weight is 261 g/mol. The van der Waals surface area contributed by atoms with Crippen molar-refractivity contribution in [2.24, 2.45) is 0 Å². The van der Waals surface area contributed by atoms with Gasteiger partial charge < -0.3 is 14.8 Å². The minimum Gasteiger partial charge on any atom is -0.490 e. The highest BCUT2D eigenvalue weighted by Crippen LogP contribution is 2.33. The molecule has 0 amide bonds. The van der Waals surface area contributed by atoms with Crippen LogP contribution in [0.15, 0.2) is 18.2 Å². The van der Waals surface area contributed by atoms with Crippen LogP contribution in [0.5, 0.6) is 5.75 Å². The summed E-state index contributed by atoms with van der Waals surface area (Å²) in [6, 6.07) is 6.87. The zero-order valence-corrected chi connectivity index (χ0v) is 11.8. The molecule has 3 nitrogen and oxygen atoms in total. The molecule has 2 heterocycles. The number of rotatable bonds is 3. The van der Waals surface area contributed by atoms with E-state index in [1.165, 1.54) is 24.0 Å². The highest BCUT2D eigenvalue weighted by molar-refractivity contribution is 5.41. The summed E-state index contributed by atoms with van der Waals surface area (Å²) in [7, 11) is 2.02. The van der Waals surface area contributed by atoms with Crippen LogP contribution in [0.4, 0.5) is 0 Å². The second-order valence-electron chi connectivity index (χ2n) is 5.67. The molecule has 0 bridgehead atoms. The van der Waals surface area contributed by atoms with Crippen LogP contribution in [0.25, 0.3) is 0 Å². The number of likely N-dealkylation sites (N-methyl/N-ethyl adjacent to an activating group) is 1. The molecule has 0 aromatic heterocycles. The van der Waals surface area contributed by atoms with Crippen LogP contribution < -0.4 is 10.1 Å². The highest BCUT2D eigenvalue weighted by Gasteiger charge is 2.27. The quantitative estimate of drug-likeness (QED) is 0.907. The van der Waals surface area contributed by atoms with Crippen LogP contribution in [-0.4, -0.2) is 25.9 Å². The zero-order valence-electron chi connectivity index (χ0n) is 11.8. The van der Waals surface area contributed by atoms with E-state index in [-0.39, 0.29) is 0 Å². The Balaban J connectivity index is 1.81. The van der Waals surface area contributed by atoms with E-state index in [1.54, 1.807) is 0 Å². The molecular formula is C16H23NO2. The molecule has 0 saturated carbocycles. The lowest BCUT2D eigenvalue weighted by molar-refractivity contribution is -0.00663. The van der Waals surface area contributed by atoms with Crippen LogP contribution >= 0.6 is 0 Å². The van der Waals surface area contributed by atoms with Crippen LogP contribution in [0.3, 0.4) is 0 Å². The van der Waals surface area contributed by atoms with E-state index in [1.807, 2.05) is 7.05 Å². The molecule has 1 fully saturated rings. The predicted octanol–water partition coefficient (Wildman–Crippen LogP) is 2.84. The SMILES string of the molecule is CNC(c1ccc2c(c1)CC(C)O2)C1CCCCO1. The van der Waals surface area contributed by atoms with Gasteiger partial charge in [-0.2, -0.15) is 0 Å². The van der Waals surface area contributed by atoms with Crippen molar-refractivity contribution in [1.29, 1.82) is 0 Å². The van der Waals surface area contributed by atoms with Crippen LogP contribution in [0, 0.1) is 0 Å². The Labute approximate surface area is 115 Å². The number of ether oxygens (including phenoxy) is 2. The van der Waals surface area contributed by atoms with E-state index in [2.05, 4.69) is 30.4 Å². The topological polar surface area (TPSA) is 30.5 Å². The van der Waals surface area contributed by atoms with Gasteiger partial charge in [0.05, 0.1) is 12.1 Å². The fourth-order valence-electron chi connectivity index (χ4n) is 3.23. The molecule has 3 unspecified atom stereocenters. The first-order valence-electron chi connectivity index (χ1n) is 7.36. The van der Waals surface area contributed by atoms with E-state index in [4.69, 9.17) is 9.47 Å². The third-order valence-electron chi connectivity index (χ3n) is 4.18. The number of hydrogen-bond acceptors (Lipinski definition) is 3. The molecule has 3 heteroatoms. The molecule has 3 atom stereocenters.